The lowest BCUT2D eigenvalue weighted by molar-refractivity contribution is -0.137. The van der Waals surface area contributed by atoms with Crippen LogP contribution in [0.4, 0.5) is 5.69 Å². The summed E-state index contributed by atoms with van der Waals surface area (Å²) in [6.45, 7) is 0. The molecule has 2 aromatic carbocycles. The third-order valence-corrected chi connectivity index (χ3v) is 6.48. The molecule has 4 rings (SSSR count). The number of carbonyl (C=O) groups is 3. The molecule has 0 radical (unpaired) electrons. The third kappa shape index (κ3) is 5.21. The summed E-state index contributed by atoms with van der Waals surface area (Å²) in [5.74, 6) is -1.92. The fourth-order valence-corrected chi connectivity index (χ4v) is 4.50. The summed E-state index contributed by atoms with van der Waals surface area (Å²) in [6.07, 6.45) is 5.00. The lowest BCUT2D eigenvalue weighted by atomic mass is 9.95. The summed E-state index contributed by atoms with van der Waals surface area (Å²) in [5, 5.41) is 6.37. The first kappa shape index (κ1) is 22.5. The fourth-order valence-electron chi connectivity index (χ4n) is 3.85. The van der Waals surface area contributed by atoms with Gasteiger partial charge in [-0.15, -0.1) is 0 Å². The molecule has 3 aromatic rings. The normalized spacial score (nSPS) is 14.2. The predicted molar refractivity (Wildman–Crippen MR) is 131 cm³/mol. The minimum Gasteiger partial charge on any atom is -0.345 e. The number of carbonyl (C=O) groups excluding carboxylic acids is 3. The Morgan fingerprint density at radius 2 is 1.53 bits per heavy atom. The van der Waals surface area contributed by atoms with Crippen LogP contribution in [0.5, 0.6) is 0 Å². The van der Waals surface area contributed by atoms with Crippen LogP contribution in [-0.4, -0.2) is 28.4 Å². The van der Waals surface area contributed by atoms with Crippen molar-refractivity contribution in [1.82, 2.24) is 9.99 Å². The Bertz CT molecular complexity index is 1170. The number of fused-ring (bicyclic) bond motifs is 1. The summed E-state index contributed by atoms with van der Waals surface area (Å²) >= 11 is 6.80. The van der Waals surface area contributed by atoms with Gasteiger partial charge >= 0.3 is 11.8 Å². The Labute approximate surface area is 202 Å². The number of benzene rings is 2. The minimum absolute atomic E-state index is 0.0135. The van der Waals surface area contributed by atoms with E-state index in [0.29, 0.717) is 11.2 Å². The molecule has 9 heteroatoms. The molecule has 3 N–H and O–H groups in total. The van der Waals surface area contributed by atoms with Crippen molar-refractivity contribution in [3.63, 3.8) is 0 Å². The van der Waals surface area contributed by atoms with Crippen molar-refractivity contribution in [3.05, 3.63) is 63.2 Å². The monoisotopic (exact) mass is 560 g/mol. The Balaban J connectivity index is 1.58. The van der Waals surface area contributed by atoms with Crippen LogP contribution >= 0.6 is 31.9 Å². The number of nitrogens with one attached hydrogen (secondary N) is 3. The van der Waals surface area contributed by atoms with Crippen molar-refractivity contribution in [2.24, 2.45) is 0 Å². The third-order valence-electron chi connectivity index (χ3n) is 5.46. The van der Waals surface area contributed by atoms with Crippen molar-refractivity contribution in [1.29, 1.82) is 0 Å². The van der Waals surface area contributed by atoms with Gasteiger partial charge in [0.25, 0.3) is 5.91 Å². The van der Waals surface area contributed by atoms with Gasteiger partial charge in [0.2, 0.25) is 0 Å². The van der Waals surface area contributed by atoms with E-state index >= 15 is 0 Å². The minimum atomic E-state index is -0.811. The first-order valence-electron chi connectivity index (χ1n) is 10.4. The molecule has 0 atom stereocenters. The van der Waals surface area contributed by atoms with E-state index in [4.69, 9.17) is 0 Å². The van der Waals surface area contributed by atoms with Gasteiger partial charge in [-0.1, -0.05) is 51.1 Å². The summed E-state index contributed by atoms with van der Waals surface area (Å²) in [6, 6.07) is 14.3. The molecule has 32 heavy (non-hydrogen) atoms. The molecular formula is C23H22Br2N4O3. The highest BCUT2D eigenvalue weighted by molar-refractivity contribution is 9.10. The van der Waals surface area contributed by atoms with E-state index in [0.717, 1.165) is 46.4 Å². The molecule has 0 aliphatic heterocycles. The molecule has 1 aliphatic carbocycles. The van der Waals surface area contributed by atoms with Gasteiger partial charge < -0.3 is 10.6 Å². The van der Waals surface area contributed by atoms with Crippen molar-refractivity contribution in [2.45, 2.75) is 38.1 Å². The molecule has 1 aliphatic rings. The molecule has 3 amide bonds. The summed E-state index contributed by atoms with van der Waals surface area (Å²) in [5.41, 5.74) is 4.02. The highest BCUT2D eigenvalue weighted by Crippen LogP contribution is 2.24. The van der Waals surface area contributed by atoms with Gasteiger partial charge in [-0.25, -0.2) is 4.68 Å². The number of anilines is 1. The lowest BCUT2D eigenvalue weighted by Crippen LogP contribution is -2.44. The van der Waals surface area contributed by atoms with Crippen LogP contribution in [-0.2, 0) is 9.59 Å². The number of amides is 3. The Kier molecular flexibility index (Phi) is 6.95. The quantitative estimate of drug-likeness (QED) is 0.394. The van der Waals surface area contributed by atoms with E-state index in [1.54, 1.807) is 24.3 Å². The zero-order chi connectivity index (χ0) is 22.7. The largest absolute Gasteiger partial charge is 0.345 e. The highest BCUT2D eigenvalue weighted by atomic mass is 79.9. The molecule has 1 fully saturated rings. The SMILES string of the molecule is O=C(NC1CCCCC1)C(=O)Nn1c(C(=O)Nc2ccc(Br)cc2)cc2cc(Br)ccc21. The van der Waals surface area contributed by atoms with Crippen LogP contribution in [0.2, 0.25) is 0 Å². The summed E-state index contributed by atoms with van der Waals surface area (Å²) < 4.78 is 3.09. The van der Waals surface area contributed by atoms with E-state index in [9.17, 15) is 14.4 Å². The van der Waals surface area contributed by atoms with Gasteiger partial charge in [0.1, 0.15) is 5.69 Å². The van der Waals surface area contributed by atoms with Gasteiger partial charge in [-0.2, -0.15) is 0 Å². The molecule has 0 unspecified atom stereocenters. The number of nitrogens with zero attached hydrogens (tertiary/aromatic N) is 1. The second-order valence-corrected chi connectivity index (χ2v) is 9.61. The Morgan fingerprint density at radius 1 is 0.844 bits per heavy atom. The number of halogens is 2. The maximum atomic E-state index is 13.0. The van der Waals surface area contributed by atoms with Gasteiger partial charge in [-0.05, 0) is 61.4 Å². The van der Waals surface area contributed by atoms with Crippen molar-refractivity contribution in [2.75, 3.05) is 10.7 Å². The van der Waals surface area contributed by atoms with E-state index in [1.807, 2.05) is 24.3 Å². The maximum Gasteiger partial charge on any atom is 0.328 e. The van der Waals surface area contributed by atoms with Crippen molar-refractivity contribution >= 4 is 66.2 Å². The Morgan fingerprint density at radius 3 is 2.25 bits per heavy atom. The van der Waals surface area contributed by atoms with E-state index in [2.05, 4.69) is 47.9 Å². The smallest absolute Gasteiger partial charge is 0.328 e. The van der Waals surface area contributed by atoms with Gasteiger partial charge in [0.05, 0.1) is 5.52 Å². The molecule has 0 bridgehead atoms. The molecular weight excluding hydrogens is 540 g/mol. The standard InChI is InChI=1S/C23H22Br2N4O3/c24-15-6-9-18(10-7-15)26-21(30)20-13-14-12-16(25)8-11-19(14)29(20)28-23(32)22(31)27-17-4-2-1-3-5-17/h6-13,17H,1-5H2,(H,26,30)(H,27,31)(H,28,32). The zero-order valence-corrected chi connectivity index (χ0v) is 20.3. The molecule has 166 valence electrons. The second kappa shape index (κ2) is 9.87. The average molecular weight is 562 g/mol. The lowest BCUT2D eigenvalue weighted by Gasteiger charge is -2.22. The van der Waals surface area contributed by atoms with E-state index in [-0.39, 0.29) is 11.7 Å². The molecule has 0 spiro atoms. The first-order valence-corrected chi connectivity index (χ1v) is 12.0. The zero-order valence-electron chi connectivity index (χ0n) is 17.2. The maximum absolute atomic E-state index is 13.0. The number of aromatic nitrogens is 1. The van der Waals surface area contributed by atoms with Crippen LogP contribution in [0.1, 0.15) is 42.6 Å². The fraction of sp³-hybridized carbons (Fsp3) is 0.261. The highest BCUT2D eigenvalue weighted by Gasteiger charge is 2.23. The number of hydrogen-bond donors (Lipinski definition) is 3. The topological polar surface area (TPSA) is 92.2 Å². The van der Waals surface area contributed by atoms with Crippen LogP contribution in [0.15, 0.2) is 57.5 Å². The summed E-state index contributed by atoms with van der Waals surface area (Å²) in [4.78, 5) is 38.2. The van der Waals surface area contributed by atoms with Crippen molar-refractivity contribution < 1.29 is 14.4 Å². The van der Waals surface area contributed by atoms with Gasteiger partial charge in [0, 0.05) is 26.1 Å². The van der Waals surface area contributed by atoms with Crippen LogP contribution in [0.25, 0.3) is 10.9 Å². The molecule has 0 saturated heterocycles. The average Bonchev–Trinajstić information content (AvgIpc) is 3.13. The van der Waals surface area contributed by atoms with E-state index < -0.39 is 17.7 Å². The molecule has 7 nitrogen and oxygen atoms in total. The van der Waals surface area contributed by atoms with Crippen molar-refractivity contribution in [3.8, 4) is 0 Å². The van der Waals surface area contributed by atoms with E-state index in [1.165, 1.54) is 4.68 Å². The molecule has 1 heterocycles. The molecule has 1 aromatic heterocycles. The van der Waals surface area contributed by atoms with Crippen LogP contribution in [0.3, 0.4) is 0 Å². The molecule has 1 saturated carbocycles. The van der Waals surface area contributed by atoms with Crippen LogP contribution < -0.4 is 16.1 Å². The number of hydrogen-bond acceptors (Lipinski definition) is 3. The van der Waals surface area contributed by atoms with Gasteiger partial charge in [-0.3, -0.25) is 19.8 Å². The first-order chi connectivity index (χ1) is 15.4. The second-order valence-electron chi connectivity index (χ2n) is 7.78. The number of rotatable bonds is 4. The summed E-state index contributed by atoms with van der Waals surface area (Å²) in [7, 11) is 0. The van der Waals surface area contributed by atoms with Gasteiger partial charge in [0.15, 0.2) is 0 Å². The predicted octanol–water partition coefficient (Wildman–Crippen LogP) is 4.94. The Hall–Kier alpha value is -2.65. The van der Waals surface area contributed by atoms with Crippen LogP contribution in [0, 0.1) is 0 Å².